The summed E-state index contributed by atoms with van der Waals surface area (Å²) >= 11 is 0. The van der Waals surface area contributed by atoms with Crippen molar-refractivity contribution in [1.82, 2.24) is 9.55 Å². The van der Waals surface area contributed by atoms with Gasteiger partial charge in [0.2, 0.25) is 0 Å². The van der Waals surface area contributed by atoms with Crippen molar-refractivity contribution >= 4 is 5.82 Å². The van der Waals surface area contributed by atoms with Crippen molar-refractivity contribution in [2.75, 3.05) is 11.4 Å². The minimum absolute atomic E-state index is 0.0526. The second kappa shape index (κ2) is 5.92. The number of benzene rings is 1. The number of H-pyrrole nitrogens is 1. The number of hydrogen-bond acceptors (Lipinski definition) is 4. The number of nitriles is 1. The fraction of sp³-hybridized carbons (Fsp3) is 0.312. The summed E-state index contributed by atoms with van der Waals surface area (Å²) in [6.07, 6.45) is 1.17. The van der Waals surface area contributed by atoms with Crippen LogP contribution in [-0.2, 0) is 7.05 Å². The third-order valence-corrected chi connectivity index (χ3v) is 4.25. The van der Waals surface area contributed by atoms with Crippen LogP contribution in [0.2, 0.25) is 0 Å². The summed E-state index contributed by atoms with van der Waals surface area (Å²) in [4.78, 5) is 28.1. The van der Waals surface area contributed by atoms with Crippen LogP contribution in [0.25, 0.3) is 0 Å². The van der Waals surface area contributed by atoms with Gasteiger partial charge in [0.25, 0.3) is 5.56 Å². The molecule has 0 aliphatic carbocycles. The molecule has 2 aromatic rings. The molecule has 1 aromatic heterocycles. The first-order valence-electron chi connectivity index (χ1n) is 7.39. The fourth-order valence-electron chi connectivity index (χ4n) is 3.05. The maximum absolute atomic E-state index is 14.1. The average molecular weight is 332 g/mol. The van der Waals surface area contributed by atoms with Crippen LogP contribution >= 0.6 is 0 Å². The number of halogens is 2. The van der Waals surface area contributed by atoms with Crippen LogP contribution in [0, 0.1) is 23.0 Å². The van der Waals surface area contributed by atoms with Gasteiger partial charge < -0.3 is 4.90 Å². The molecule has 0 saturated carbocycles. The predicted octanol–water partition coefficient (Wildman–Crippen LogP) is 1.56. The molecule has 2 heterocycles. The molecular formula is C16H14F2N4O2. The standard InChI is InChI=1S/C16H14F2N4O2/c1-21-15(23)11(8-19)14(20-16(21)24)22-6-2-3-13(22)10-7-9(17)4-5-12(10)18/h4-5,7,13H,2-3,6H2,1H3,(H,20,24). The predicted molar refractivity (Wildman–Crippen MR) is 82.7 cm³/mol. The van der Waals surface area contributed by atoms with Crippen LogP contribution in [0.15, 0.2) is 27.8 Å². The van der Waals surface area contributed by atoms with Gasteiger partial charge in [0.1, 0.15) is 23.5 Å². The SMILES string of the molecule is Cn1c(=O)[nH]c(N2CCCC2c2cc(F)ccc2F)c(C#N)c1=O. The quantitative estimate of drug-likeness (QED) is 0.905. The van der Waals surface area contributed by atoms with Gasteiger partial charge in [-0.05, 0) is 31.0 Å². The van der Waals surface area contributed by atoms with Crippen LogP contribution in [0.3, 0.4) is 0 Å². The molecule has 1 saturated heterocycles. The topological polar surface area (TPSA) is 81.9 Å². The van der Waals surface area contributed by atoms with Gasteiger partial charge in [-0.3, -0.25) is 14.3 Å². The van der Waals surface area contributed by atoms with Crippen molar-refractivity contribution in [2.45, 2.75) is 18.9 Å². The summed E-state index contributed by atoms with van der Waals surface area (Å²) in [5.41, 5.74) is -1.47. The number of nitrogens with one attached hydrogen (secondary N) is 1. The molecule has 1 unspecified atom stereocenters. The highest BCUT2D eigenvalue weighted by atomic mass is 19.1. The summed E-state index contributed by atoms with van der Waals surface area (Å²) in [5.74, 6) is -1.09. The Labute approximate surface area is 135 Å². The number of aromatic amines is 1. The monoisotopic (exact) mass is 332 g/mol. The second-order valence-corrected chi connectivity index (χ2v) is 5.65. The van der Waals surface area contributed by atoms with Gasteiger partial charge in [-0.25, -0.2) is 13.6 Å². The van der Waals surface area contributed by atoms with E-state index in [4.69, 9.17) is 0 Å². The van der Waals surface area contributed by atoms with E-state index in [1.165, 1.54) is 7.05 Å². The van der Waals surface area contributed by atoms with Gasteiger partial charge >= 0.3 is 5.69 Å². The normalized spacial score (nSPS) is 17.1. The molecule has 0 radical (unpaired) electrons. The molecule has 6 nitrogen and oxygen atoms in total. The molecule has 124 valence electrons. The molecule has 3 rings (SSSR count). The molecule has 0 bridgehead atoms. The third kappa shape index (κ3) is 2.48. The van der Waals surface area contributed by atoms with E-state index in [1.807, 2.05) is 0 Å². The van der Waals surface area contributed by atoms with Crippen LogP contribution in [-0.4, -0.2) is 16.1 Å². The molecule has 1 atom stereocenters. The number of hydrogen-bond donors (Lipinski definition) is 1. The Bertz CT molecular complexity index is 958. The zero-order valence-corrected chi connectivity index (χ0v) is 12.8. The largest absolute Gasteiger partial charge is 0.350 e. The van der Waals surface area contributed by atoms with Gasteiger partial charge in [0.05, 0.1) is 6.04 Å². The molecule has 1 fully saturated rings. The summed E-state index contributed by atoms with van der Waals surface area (Å²) in [5, 5.41) is 9.28. The van der Waals surface area contributed by atoms with E-state index in [1.54, 1.807) is 11.0 Å². The van der Waals surface area contributed by atoms with E-state index in [0.29, 0.717) is 19.4 Å². The zero-order chi connectivity index (χ0) is 17.4. The lowest BCUT2D eigenvalue weighted by Crippen LogP contribution is -2.38. The van der Waals surface area contributed by atoms with E-state index in [9.17, 15) is 23.6 Å². The van der Waals surface area contributed by atoms with Crippen molar-refractivity contribution in [3.05, 3.63) is 61.8 Å². The van der Waals surface area contributed by atoms with Gasteiger partial charge in [-0.2, -0.15) is 5.26 Å². The molecule has 8 heteroatoms. The first-order valence-corrected chi connectivity index (χ1v) is 7.39. The highest BCUT2D eigenvalue weighted by Gasteiger charge is 2.32. The molecule has 0 amide bonds. The Kier molecular flexibility index (Phi) is 3.93. The Morgan fingerprint density at radius 2 is 2.08 bits per heavy atom. The zero-order valence-electron chi connectivity index (χ0n) is 12.8. The summed E-state index contributed by atoms with van der Waals surface area (Å²) < 4.78 is 28.4. The van der Waals surface area contributed by atoms with Gasteiger partial charge in [-0.1, -0.05) is 0 Å². The van der Waals surface area contributed by atoms with Crippen LogP contribution in [0.5, 0.6) is 0 Å². The first kappa shape index (κ1) is 15.9. The lowest BCUT2D eigenvalue weighted by atomic mass is 10.0. The minimum atomic E-state index is -0.721. The maximum Gasteiger partial charge on any atom is 0.329 e. The summed E-state index contributed by atoms with van der Waals surface area (Å²) in [6, 6.07) is 4.40. The van der Waals surface area contributed by atoms with E-state index in [2.05, 4.69) is 4.98 Å². The summed E-state index contributed by atoms with van der Waals surface area (Å²) in [7, 11) is 1.26. The van der Waals surface area contributed by atoms with E-state index in [-0.39, 0.29) is 16.9 Å². The Balaban J connectivity index is 2.16. The molecule has 0 spiro atoms. The molecule has 1 N–H and O–H groups in total. The van der Waals surface area contributed by atoms with Gasteiger partial charge in [-0.15, -0.1) is 0 Å². The highest BCUT2D eigenvalue weighted by Crippen LogP contribution is 2.36. The molecule has 1 aliphatic heterocycles. The number of anilines is 1. The third-order valence-electron chi connectivity index (χ3n) is 4.25. The van der Waals surface area contributed by atoms with Crippen LogP contribution < -0.4 is 16.1 Å². The maximum atomic E-state index is 14.1. The van der Waals surface area contributed by atoms with Gasteiger partial charge in [0, 0.05) is 19.2 Å². The van der Waals surface area contributed by atoms with Crippen molar-refractivity contribution in [1.29, 1.82) is 5.26 Å². The Hall–Kier alpha value is -2.95. The van der Waals surface area contributed by atoms with E-state index < -0.39 is 28.9 Å². The molecule has 1 aromatic carbocycles. The van der Waals surface area contributed by atoms with Crippen LogP contribution in [0.1, 0.15) is 30.0 Å². The highest BCUT2D eigenvalue weighted by molar-refractivity contribution is 5.55. The van der Waals surface area contributed by atoms with Crippen LogP contribution in [0.4, 0.5) is 14.6 Å². The Morgan fingerprint density at radius 1 is 1.33 bits per heavy atom. The van der Waals surface area contributed by atoms with Crippen molar-refractivity contribution in [2.24, 2.45) is 7.05 Å². The van der Waals surface area contributed by atoms with Crippen molar-refractivity contribution in [3.63, 3.8) is 0 Å². The molecular weight excluding hydrogens is 318 g/mol. The van der Waals surface area contributed by atoms with Gasteiger partial charge in [0.15, 0.2) is 5.56 Å². The smallest absolute Gasteiger partial charge is 0.329 e. The molecule has 24 heavy (non-hydrogen) atoms. The number of aromatic nitrogens is 2. The fourth-order valence-corrected chi connectivity index (χ4v) is 3.05. The Morgan fingerprint density at radius 3 is 2.79 bits per heavy atom. The van der Waals surface area contributed by atoms with Crippen molar-refractivity contribution < 1.29 is 8.78 Å². The lowest BCUT2D eigenvalue weighted by molar-refractivity contribution is 0.559. The second-order valence-electron chi connectivity index (χ2n) is 5.65. The molecule has 1 aliphatic rings. The average Bonchev–Trinajstić information content (AvgIpc) is 3.03. The first-order chi connectivity index (χ1) is 11.4. The summed E-state index contributed by atoms with van der Waals surface area (Å²) in [6.45, 7) is 0.415. The van der Waals surface area contributed by atoms with E-state index in [0.717, 1.165) is 22.8 Å². The minimum Gasteiger partial charge on any atom is -0.350 e. The number of rotatable bonds is 2. The lowest BCUT2D eigenvalue weighted by Gasteiger charge is -2.27. The number of nitrogens with zero attached hydrogens (tertiary/aromatic N) is 3. The van der Waals surface area contributed by atoms with E-state index >= 15 is 0 Å². The van der Waals surface area contributed by atoms with Crippen molar-refractivity contribution in [3.8, 4) is 6.07 Å².